The molecule has 1 unspecified atom stereocenters. The minimum Gasteiger partial charge on any atom is -0.486 e. The number of ether oxygens (including phenoxy) is 2. The Balaban J connectivity index is 1.34. The molecule has 2 aliphatic heterocycles. The van der Waals surface area contributed by atoms with E-state index in [2.05, 4.69) is 24.4 Å². The molecule has 6 rings (SSSR count). The highest BCUT2D eigenvalue weighted by Crippen LogP contribution is 2.52. The van der Waals surface area contributed by atoms with E-state index >= 15 is 0 Å². The first kappa shape index (κ1) is 20.6. The van der Waals surface area contributed by atoms with Crippen LogP contribution in [0.5, 0.6) is 11.5 Å². The molecule has 2 aliphatic carbocycles. The lowest BCUT2D eigenvalue weighted by molar-refractivity contribution is -0.117. The Bertz CT molecular complexity index is 1120. The number of hydrogen-bond donors (Lipinski definition) is 1. The van der Waals surface area contributed by atoms with Gasteiger partial charge in [-0.2, -0.15) is 0 Å². The number of hydrogen-bond acceptors (Lipinski definition) is 4. The van der Waals surface area contributed by atoms with Gasteiger partial charge < -0.3 is 19.7 Å². The first-order valence-electron chi connectivity index (χ1n) is 12.2. The third kappa shape index (κ3) is 3.56. The van der Waals surface area contributed by atoms with Gasteiger partial charge in [0.15, 0.2) is 11.5 Å². The number of anilines is 1. The number of amides is 2. The van der Waals surface area contributed by atoms with Crippen molar-refractivity contribution in [1.29, 1.82) is 0 Å². The summed E-state index contributed by atoms with van der Waals surface area (Å²) < 4.78 is 11.8. The van der Waals surface area contributed by atoms with Crippen LogP contribution in [0.4, 0.5) is 5.69 Å². The molecule has 2 heterocycles. The Morgan fingerprint density at radius 1 is 1.03 bits per heavy atom. The average Bonchev–Trinajstić information content (AvgIpc) is 3.59. The molecule has 1 spiro atoms. The van der Waals surface area contributed by atoms with Crippen molar-refractivity contribution in [1.82, 2.24) is 4.90 Å². The van der Waals surface area contributed by atoms with Gasteiger partial charge in [-0.3, -0.25) is 9.59 Å². The normalized spacial score (nSPS) is 22.7. The number of nitrogens with one attached hydrogen (secondary N) is 1. The van der Waals surface area contributed by atoms with E-state index in [1.165, 1.54) is 24.0 Å². The van der Waals surface area contributed by atoms with Gasteiger partial charge in [-0.25, -0.2) is 0 Å². The van der Waals surface area contributed by atoms with E-state index in [4.69, 9.17) is 9.47 Å². The summed E-state index contributed by atoms with van der Waals surface area (Å²) in [6.45, 7) is 3.94. The van der Waals surface area contributed by atoms with Crippen LogP contribution >= 0.6 is 0 Å². The van der Waals surface area contributed by atoms with Crippen LogP contribution in [-0.2, 0) is 10.2 Å². The van der Waals surface area contributed by atoms with E-state index in [0.717, 1.165) is 37.2 Å². The number of nitrogens with zero attached hydrogens (tertiary/aromatic N) is 1. The zero-order valence-corrected chi connectivity index (χ0v) is 19.1. The molecule has 4 aliphatic rings. The molecule has 2 saturated carbocycles. The number of fused-ring (bicyclic) bond motifs is 3. The van der Waals surface area contributed by atoms with Gasteiger partial charge in [0.05, 0.1) is 6.04 Å². The molecule has 6 heteroatoms. The Kier molecular flexibility index (Phi) is 4.86. The molecule has 0 bridgehead atoms. The first-order chi connectivity index (χ1) is 16.0. The van der Waals surface area contributed by atoms with E-state index in [1.54, 1.807) is 0 Å². The second-order valence-electron chi connectivity index (χ2n) is 10.0. The molecule has 2 fully saturated rings. The number of rotatable bonds is 3. The van der Waals surface area contributed by atoms with Crippen molar-refractivity contribution in [2.75, 3.05) is 25.1 Å². The lowest BCUT2D eigenvalue weighted by Crippen LogP contribution is -2.48. The molecule has 0 saturated heterocycles. The summed E-state index contributed by atoms with van der Waals surface area (Å²) in [6, 6.07) is 11.6. The van der Waals surface area contributed by atoms with Crippen LogP contribution in [0, 0.1) is 5.92 Å². The third-order valence-corrected chi connectivity index (χ3v) is 7.82. The summed E-state index contributed by atoms with van der Waals surface area (Å²) >= 11 is 0. The number of carbonyl (C=O) groups excluding carboxylic acids is 2. The van der Waals surface area contributed by atoms with Crippen molar-refractivity contribution in [3.05, 3.63) is 53.1 Å². The first-order valence-corrected chi connectivity index (χ1v) is 12.2. The van der Waals surface area contributed by atoms with Gasteiger partial charge in [0, 0.05) is 29.1 Å². The summed E-state index contributed by atoms with van der Waals surface area (Å²) in [4.78, 5) is 28.0. The second kappa shape index (κ2) is 7.79. The highest BCUT2D eigenvalue weighted by atomic mass is 16.6. The predicted molar refractivity (Wildman–Crippen MR) is 125 cm³/mol. The zero-order chi connectivity index (χ0) is 22.6. The van der Waals surface area contributed by atoms with Crippen LogP contribution in [0.25, 0.3) is 0 Å². The lowest BCUT2D eigenvalue weighted by Gasteiger charge is -2.46. The third-order valence-electron chi connectivity index (χ3n) is 7.82. The molecular weight excluding hydrogens is 416 g/mol. The molecule has 172 valence electrons. The Morgan fingerprint density at radius 3 is 2.48 bits per heavy atom. The smallest absolute Gasteiger partial charge is 0.254 e. The van der Waals surface area contributed by atoms with Gasteiger partial charge in [0.1, 0.15) is 13.2 Å². The fourth-order valence-electron chi connectivity index (χ4n) is 5.84. The van der Waals surface area contributed by atoms with Crippen molar-refractivity contribution in [3.8, 4) is 11.5 Å². The van der Waals surface area contributed by atoms with Gasteiger partial charge in [-0.05, 0) is 74.1 Å². The van der Waals surface area contributed by atoms with Crippen molar-refractivity contribution in [2.24, 2.45) is 5.92 Å². The minimum atomic E-state index is -0.0701. The van der Waals surface area contributed by atoms with E-state index in [-0.39, 0.29) is 29.2 Å². The molecular formula is C27H30N2O4. The van der Waals surface area contributed by atoms with E-state index in [0.29, 0.717) is 31.0 Å². The highest BCUT2D eigenvalue weighted by Gasteiger charge is 2.46. The molecule has 6 nitrogen and oxygen atoms in total. The maximum Gasteiger partial charge on any atom is 0.254 e. The maximum atomic E-state index is 13.8. The fourth-order valence-corrected chi connectivity index (χ4v) is 5.84. The predicted octanol–water partition coefficient (Wildman–Crippen LogP) is 4.84. The highest BCUT2D eigenvalue weighted by molar-refractivity contribution is 5.98. The average molecular weight is 447 g/mol. The molecule has 0 radical (unpaired) electrons. The standard InChI is InChI=1S/C27H30N2O4/c1-17-21-14-23-24(33-12-11-32-23)15-22(21)27(9-2-3-10-27)16-29(17)26(31)19-5-4-6-20(13-19)28-25(30)18-7-8-18/h4-6,13-15,17-18H,2-3,7-12,16H2,1H3,(H,28,30). The molecule has 1 N–H and O–H groups in total. The quantitative estimate of drug-likeness (QED) is 0.733. The van der Waals surface area contributed by atoms with Gasteiger partial charge in [-0.1, -0.05) is 18.9 Å². The van der Waals surface area contributed by atoms with Crippen LogP contribution in [0.15, 0.2) is 36.4 Å². The molecule has 2 aromatic rings. The molecule has 0 aromatic heterocycles. The maximum absolute atomic E-state index is 13.8. The van der Waals surface area contributed by atoms with Crippen LogP contribution in [0.3, 0.4) is 0 Å². The lowest BCUT2D eigenvalue weighted by atomic mass is 9.71. The monoisotopic (exact) mass is 446 g/mol. The molecule has 33 heavy (non-hydrogen) atoms. The van der Waals surface area contributed by atoms with Crippen molar-refractivity contribution < 1.29 is 19.1 Å². The molecule has 2 aromatic carbocycles. The van der Waals surface area contributed by atoms with Crippen LogP contribution in [-0.4, -0.2) is 36.5 Å². The van der Waals surface area contributed by atoms with E-state index in [1.807, 2.05) is 29.2 Å². The summed E-state index contributed by atoms with van der Waals surface area (Å²) in [5.74, 6) is 1.80. The van der Waals surface area contributed by atoms with Crippen LogP contribution in [0.1, 0.15) is 73.0 Å². The Labute approximate surface area is 194 Å². The van der Waals surface area contributed by atoms with Crippen molar-refractivity contribution >= 4 is 17.5 Å². The SMILES string of the molecule is CC1c2cc3c(cc2C2(CCCC2)CN1C(=O)c1cccc(NC(=O)C2CC2)c1)OCCO3. The largest absolute Gasteiger partial charge is 0.486 e. The fraction of sp³-hybridized carbons (Fsp3) is 0.481. The van der Waals surface area contributed by atoms with Crippen molar-refractivity contribution in [3.63, 3.8) is 0 Å². The van der Waals surface area contributed by atoms with Gasteiger partial charge in [0.2, 0.25) is 5.91 Å². The molecule has 1 atom stereocenters. The molecule has 2 amide bonds. The Morgan fingerprint density at radius 2 is 1.76 bits per heavy atom. The summed E-state index contributed by atoms with van der Waals surface area (Å²) in [7, 11) is 0. The van der Waals surface area contributed by atoms with E-state index in [9.17, 15) is 9.59 Å². The second-order valence-corrected chi connectivity index (χ2v) is 10.0. The van der Waals surface area contributed by atoms with E-state index < -0.39 is 0 Å². The van der Waals surface area contributed by atoms with Gasteiger partial charge in [-0.15, -0.1) is 0 Å². The van der Waals surface area contributed by atoms with Gasteiger partial charge in [0.25, 0.3) is 5.91 Å². The van der Waals surface area contributed by atoms with Crippen LogP contribution < -0.4 is 14.8 Å². The van der Waals surface area contributed by atoms with Gasteiger partial charge >= 0.3 is 0 Å². The zero-order valence-electron chi connectivity index (χ0n) is 19.1. The summed E-state index contributed by atoms with van der Waals surface area (Å²) in [5.41, 5.74) is 3.76. The summed E-state index contributed by atoms with van der Waals surface area (Å²) in [6.07, 6.45) is 6.41. The Hall–Kier alpha value is -3.02. The topological polar surface area (TPSA) is 67.9 Å². The number of carbonyl (C=O) groups is 2. The number of benzene rings is 2. The van der Waals surface area contributed by atoms with Crippen LogP contribution in [0.2, 0.25) is 0 Å². The summed E-state index contributed by atoms with van der Waals surface area (Å²) in [5, 5.41) is 2.97. The van der Waals surface area contributed by atoms with Crippen molar-refractivity contribution in [2.45, 2.75) is 56.9 Å². The minimum absolute atomic E-state index is 0.0110.